The van der Waals surface area contributed by atoms with Gasteiger partial charge in [0.15, 0.2) is 5.82 Å². The summed E-state index contributed by atoms with van der Waals surface area (Å²) in [6.45, 7) is 5.34. The van der Waals surface area contributed by atoms with Crippen molar-refractivity contribution in [2.45, 2.75) is 32.7 Å². The molecule has 0 atom stereocenters. The molecule has 1 aliphatic rings. The largest absolute Gasteiger partial charge is 0.382 e. The smallest absolute Gasteiger partial charge is 0.153 e. The van der Waals surface area contributed by atoms with Gasteiger partial charge in [-0.05, 0) is 18.8 Å². The van der Waals surface area contributed by atoms with Gasteiger partial charge < -0.3 is 10.6 Å². The molecule has 0 radical (unpaired) electrons. The van der Waals surface area contributed by atoms with E-state index in [1.165, 1.54) is 19.2 Å². The molecule has 4 nitrogen and oxygen atoms in total. The van der Waals surface area contributed by atoms with Crippen LogP contribution in [0.15, 0.2) is 6.33 Å². The number of rotatable bonds is 4. The maximum absolute atomic E-state index is 6.15. The van der Waals surface area contributed by atoms with Crippen LogP contribution >= 0.6 is 11.6 Å². The maximum Gasteiger partial charge on any atom is 0.153 e. The second-order valence-corrected chi connectivity index (χ2v) is 5.05. The van der Waals surface area contributed by atoms with Gasteiger partial charge in [-0.15, -0.1) is 0 Å². The number of anilines is 2. The molecule has 2 rings (SSSR count). The summed E-state index contributed by atoms with van der Waals surface area (Å²) in [5.41, 5.74) is 5.70. The van der Waals surface area contributed by atoms with Crippen molar-refractivity contribution in [2.75, 3.05) is 17.2 Å². The summed E-state index contributed by atoms with van der Waals surface area (Å²) < 4.78 is 0. The average Bonchev–Trinajstić information content (AvgIpc) is 3.02. The molecule has 0 saturated heterocycles. The highest BCUT2D eigenvalue weighted by molar-refractivity contribution is 6.35. The van der Waals surface area contributed by atoms with E-state index in [2.05, 4.69) is 28.7 Å². The third-order valence-corrected chi connectivity index (χ3v) is 2.98. The summed E-state index contributed by atoms with van der Waals surface area (Å²) in [5.74, 6) is 1.72. The Morgan fingerprint density at radius 3 is 2.75 bits per heavy atom. The standard InChI is InChI=1S/C11H17ClN4/c1-7(2)5-16(8-3-4-8)11-9(12)10(13)14-6-15-11/h6-8H,3-5H2,1-2H3,(H2,13,14,15). The van der Waals surface area contributed by atoms with E-state index in [9.17, 15) is 0 Å². The minimum atomic E-state index is 0.362. The van der Waals surface area contributed by atoms with Gasteiger partial charge in [0.1, 0.15) is 17.2 Å². The van der Waals surface area contributed by atoms with Crippen LogP contribution in [0.2, 0.25) is 5.02 Å². The normalized spacial score (nSPS) is 15.5. The molecule has 0 aromatic carbocycles. The van der Waals surface area contributed by atoms with Gasteiger partial charge in [-0.3, -0.25) is 0 Å². The molecule has 5 heteroatoms. The average molecular weight is 241 g/mol. The van der Waals surface area contributed by atoms with E-state index in [0.717, 1.165) is 12.4 Å². The number of nitrogens with zero attached hydrogens (tertiary/aromatic N) is 3. The molecule has 1 saturated carbocycles. The fraction of sp³-hybridized carbons (Fsp3) is 0.636. The van der Waals surface area contributed by atoms with Crippen LogP contribution < -0.4 is 10.6 Å². The molecule has 0 aliphatic heterocycles. The summed E-state index contributed by atoms with van der Waals surface area (Å²) in [6.07, 6.45) is 3.91. The Labute approximate surface area is 101 Å². The van der Waals surface area contributed by atoms with E-state index in [0.29, 0.717) is 22.8 Å². The van der Waals surface area contributed by atoms with Crippen molar-refractivity contribution in [1.82, 2.24) is 9.97 Å². The third-order valence-electron chi connectivity index (χ3n) is 2.62. The van der Waals surface area contributed by atoms with Crippen LogP contribution in [-0.4, -0.2) is 22.6 Å². The first-order chi connectivity index (χ1) is 7.59. The van der Waals surface area contributed by atoms with Crippen LogP contribution in [0.3, 0.4) is 0 Å². The highest BCUT2D eigenvalue weighted by Crippen LogP contribution is 2.36. The first-order valence-electron chi connectivity index (χ1n) is 5.62. The van der Waals surface area contributed by atoms with Gasteiger partial charge in [0.25, 0.3) is 0 Å². The van der Waals surface area contributed by atoms with Crippen molar-refractivity contribution in [3.63, 3.8) is 0 Å². The summed E-state index contributed by atoms with van der Waals surface area (Å²) in [4.78, 5) is 10.4. The number of nitrogens with two attached hydrogens (primary N) is 1. The molecule has 1 aliphatic carbocycles. The van der Waals surface area contributed by atoms with Gasteiger partial charge in [-0.2, -0.15) is 0 Å². The van der Waals surface area contributed by atoms with Crippen LogP contribution in [0, 0.1) is 5.92 Å². The number of aromatic nitrogens is 2. The highest BCUT2D eigenvalue weighted by Gasteiger charge is 2.31. The van der Waals surface area contributed by atoms with E-state index in [4.69, 9.17) is 17.3 Å². The summed E-state index contributed by atoms with van der Waals surface area (Å²) >= 11 is 6.15. The molecule has 1 aromatic rings. The molecule has 0 unspecified atom stereocenters. The van der Waals surface area contributed by atoms with E-state index in [-0.39, 0.29) is 0 Å². The van der Waals surface area contributed by atoms with Gasteiger partial charge in [-0.25, -0.2) is 9.97 Å². The number of nitrogen functional groups attached to an aromatic ring is 1. The molecule has 1 heterocycles. The minimum Gasteiger partial charge on any atom is -0.382 e. The lowest BCUT2D eigenvalue weighted by molar-refractivity contribution is 0.602. The number of hydrogen-bond donors (Lipinski definition) is 1. The molecule has 0 bridgehead atoms. The molecule has 16 heavy (non-hydrogen) atoms. The molecular formula is C11H17ClN4. The highest BCUT2D eigenvalue weighted by atomic mass is 35.5. The SMILES string of the molecule is CC(C)CN(c1ncnc(N)c1Cl)C1CC1. The van der Waals surface area contributed by atoms with Crippen LogP contribution in [0.1, 0.15) is 26.7 Å². The quantitative estimate of drug-likeness (QED) is 0.878. The summed E-state index contributed by atoms with van der Waals surface area (Å²) in [5, 5.41) is 0.482. The fourth-order valence-corrected chi connectivity index (χ4v) is 1.97. The molecule has 2 N–H and O–H groups in total. The van der Waals surface area contributed by atoms with Gasteiger partial charge in [0.2, 0.25) is 0 Å². The first-order valence-corrected chi connectivity index (χ1v) is 6.00. The molecule has 0 spiro atoms. The Kier molecular flexibility index (Phi) is 3.19. The second-order valence-electron chi connectivity index (χ2n) is 4.67. The van der Waals surface area contributed by atoms with Gasteiger partial charge in [0, 0.05) is 12.6 Å². The topological polar surface area (TPSA) is 55.0 Å². The third kappa shape index (κ3) is 2.38. The van der Waals surface area contributed by atoms with E-state index in [1.54, 1.807) is 0 Å². The van der Waals surface area contributed by atoms with Gasteiger partial charge >= 0.3 is 0 Å². The lowest BCUT2D eigenvalue weighted by Gasteiger charge is -2.26. The Balaban J connectivity index is 2.27. The van der Waals surface area contributed by atoms with Crippen molar-refractivity contribution in [2.24, 2.45) is 5.92 Å². The van der Waals surface area contributed by atoms with Crippen LogP contribution in [-0.2, 0) is 0 Å². The fourth-order valence-electron chi connectivity index (χ4n) is 1.76. The van der Waals surface area contributed by atoms with Crippen molar-refractivity contribution in [3.8, 4) is 0 Å². The zero-order valence-electron chi connectivity index (χ0n) is 9.65. The lowest BCUT2D eigenvalue weighted by Crippen LogP contribution is -2.31. The van der Waals surface area contributed by atoms with Gasteiger partial charge in [-0.1, -0.05) is 25.4 Å². The molecule has 88 valence electrons. The number of hydrogen-bond acceptors (Lipinski definition) is 4. The van der Waals surface area contributed by atoms with Crippen molar-refractivity contribution >= 4 is 23.2 Å². The Bertz CT molecular complexity index is 376. The maximum atomic E-state index is 6.15. The van der Waals surface area contributed by atoms with E-state index in [1.807, 2.05) is 0 Å². The lowest BCUT2D eigenvalue weighted by atomic mass is 10.2. The second kappa shape index (κ2) is 4.45. The predicted molar refractivity (Wildman–Crippen MR) is 66.7 cm³/mol. The van der Waals surface area contributed by atoms with Crippen LogP contribution in [0.5, 0.6) is 0 Å². The van der Waals surface area contributed by atoms with Crippen LogP contribution in [0.25, 0.3) is 0 Å². The Morgan fingerprint density at radius 2 is 2.19 bits per heavy atom. The molecule has 0 amide bonds. The molecular weight excluding hydrogens is 224 g/mol. The van der Waals surface area contributed by atoms with Gasteiger partial charge in [0.05, 0.1) is 0 Å². The molecule has 1 fully saturated rings. The zero-order chi connectivity index (χ0) is 11.7. The van der Waals surface area contributed by atoms with Crippen molar-refractivity contribution < 1.29 is 0 Å². The van der Waals surface area contributed by atoms with E-state index >= 15 is 0 Å². The Hall–Kier alpha value is -1.03. The van der Waals surface area contributed by atoms with Crippen molar-refractivity contribution in [1.29, 1.82) is 0 Å². The zero-order valence-corrected chi connectivity index (χ0v) is 10.4. The first kappa shape index (κ1) is 11.5. The van der Waals surface area contributed by atoms with E-state index < -0.39 is 0 Å². The monoisotopic (exact) mass is 240 g/mol. The summed E-state index contributed by atoms with van der Waals surface area (Å²) in [7, 11) is 0. The van der Waals surface area contributed by atoms with Crippen molar-refractivity contribution in [3.05, 3.63) is 11.3 Å². The van der Waals surface area contributed by atoms with Crippen LogP contribution in [0.4, 0.5) is 11.6 Å². The Morgan fingerprint density at radius 1 is 1.50 bits per heavy atom. The molecule has 1 aromatic heterocycles. The minimum absolute atomic E-state index is 0.362. The summed E-state index contributed by atoms with van der Waals surface area (Å²) in [6, 6.07) is 0.578. The number of halogens is 1. The predicted octanol–water partition coefficient (Wildman–Crippen LogP) is 2.34.